The van der Waals surface area contributed by atoms with Crippen molar-refractivity contribution in [3.63, 3.8) is 0 Å². The molecule has 0 aliphatic carbocycles. The summed E-state index contributed by atoms with van der Waals surface area (Å²) >= 11 is 0. The topological polar surface area (TPSA) is 63.7 Å². The van der Waals surface area contributed by atoms with Gasteiger partial charge in [0.05, 0.1) is 18.4 Å². The van der Waals surface area contributed by atoms with Crippen LogP contribution >= 0.6 is 0 Å². The molecule has 0 saturated carbocycles. The quantitative estimate of drug-likeness (QED) is 0.798. The molecule has 0 amide bonds. The number of hydrogen-bond acceptors (Lipinski definition) is 4. The molecule has 0 N–H and O–H groups in total. The van der Waals surface area contributed by atoms with Gasteiger partial charge in [-0.05, 0) is 36.5 Å². The standard InChI is InChI=1S/C15H21NO4S/c1-12-7-9-16(10-8-12)21(18,19)11-13-3-5-14(6-4-13)15(17)20-2/h3-6,12H,7-11H2,1-2H3. The van der Waals surface area contributed by atoms with Gasteiger partial charge in [-0.1, -0.05) is 19.1 Å². The number of hydrogen-bond donors (Lipinski definition) is 0. The third-order valence-corrected chi connectivity index (χ3v) is 5.71. The smallest absolute Gasteiger partial charge is 0.337 e. The van der Waals surface area contributed by atoms with Crippen molar-refractivity contribution < 1.29 is 17.9 Å². The van der Waals surface area contributed by atoms with Crippen molar-refractivity contribution in [2.45, 2.75) is 25.5 Å². The van der Waals surface area contributed by atoms with Crippen LogP contribution in [0.2, 0.25) is 0 Å². The second kappa shape index (κ2) is 6.58. The average molecular weight is 311 g/mol. The molecule has 1 aliphatic heterocycles. The Morgan fingerprint density at radius 3 is 2.33 bits per heavy atom. The van der Waals surface area contributed by atoms with E-state index < -0.39 is 16.0 Å². The molecule has 1 aromatic carbocycles. The second-order valence-corrected chi connectivity index (χ2v) is 7.50. The molecule has 0 radical (unpaired) electrons. The van der Waals surface area contributed by atoms with E-state index in [9.17, 15) is 13.2 Å². The fourth-order valence-corrected chi connectivity index (χ4v) is 3.98. The Kier molecular flexibility index (Phi) is 5.00. The Balaban J connectivity index is 2.05. The molecule has 0 spiro atoms. The molecular weight excluding hydrogens is 290 g/mol. The highest BCUT2D eigenvalue weighted by molar-refractivity contribution is 7.88. The Morgan fingerprint density at radius 1 is 1.24 bits per heavy atom. The zero-order chi connectivity index (χ0) is 15.5. The van der Waals surface area contributed by atoms with Crippen LogP contribution in [0.4, 0.5) is 0 Å². The van der Waals surface area contributed by atoms with Crippen molar-refractivity contribution in [1.82, 2.24) is 4.31 Å². The SMILES string of the molecule is COC(=O)c1ccc(CS(=O)(=O)N2CCC(C)CC2)cc1. The van der Waals surface area contributed by atoms with Crippen LogP contribution < -0.4 is 0 Å². The molecule has 6 heteroatoms. The third-order valence-electron chi connectivity index (χ3n) is 3.86. The molecule has 1 aliphatic rings. The molecule has 0 atom stereocenters. The maximum atomic E-state index is 12.4. The summed E-state index contributed by atoms with van der Waals surface area (Å²) in [5, 5.41) is 0. The van der Waals surface area contributed by atoms with Crippen LogP contribution in [-0.4, -0.2) is 38.9 Å². The largest absolute Gasteiger partial charge is 0.465 e. The molecule has 0 unspecified atom stereocenters. The minimum atomic E-state index is -3.28. The minimum absolute atomic E-state index is 0.0250. The maximum absolute atomic E-state index is 12.4. The lowest BCUT2D eigenvalue weighted by atomic mass is 10.0. The zero-order valence-electron chi connectivity index (χ0n) is 12.4. The molecule has 1 aromatic rings. The molecule has 21 heavy (non-hydrogen) atoms. The summed E-state index contributed by atoms with van der Waals surface area (Å²) in [4.78, 5) is 11.3. The van der Waals surface area contributed by atoms with E-state index in [1.54, 1.807) is 28.6 Å². The molecular formula is C15H21NO4S. The second-order valence-electron chi connectivity index (χ2n) is 5.53. The van der Waals surface area contributed by atoms with E-state index in [4.69, 9.17) is 0 Å². The van der Waals surface area contributed by atoms with Gasteiger partial charge in [0.15, 0.2) is 0 Å². The fourth-order valence-electron chi connectivity index (χ4n) is 2.42. The Hall–Kier alpha value is -1.40. The molecule has 0 aromatic heterocycles. The molecule has 1 saturated heterocycles. The lowest BCUT2D eigenvalue weighted by molar-refractivity contribution is 0.0600. The van der Waals surface area contributed by atoms with E-state index in [2.05, 4.69) is 11.7 Å². The highest BCUT2D eigenvalue weighted by Crippen LogP contribution is 2.21. The summed E-state index contributed by atoms with van der Waals surface area (Å²) in [6.45, 7) is 3.35. The summed E-state index contributed by atoms with van der Waals surface area (Å²) in [5.41, 5.74) is 1.10. The van der Waals surface area contributed by atoms with Crippen LogP contribution in [0.15, 0.2) is 24.3 Å². The van der Waals surface area contributed by atoms with Gasteiger partial charge in [-0.25, -0.2) is 17.5 Å². The number of benzene rings is 1. The highest BCUT2D eigenvalue weighted by atomic mass is 32.2. The number of carbonyl (C=O) groups is 1. The van der Waals surface area contributed by atoms with Gasteiger partial charge in [-0.15, -0.1) is 0 Å². The van der Waals surface area contributed by atoms with Crippen LogP contribution in [0.3, 0.4) is 0 Å². The van der Waals surface area contributed by atoms with Gasteiger partial charge >= 0.3 is 5.97 Å². The van der Waals surface area contributed by atoms with E-state index in [1.807, 2.05) is 0 Å². The Morgan fingerprint density at radius 2 is 1.81 bits per heavy atom. The van der Waals surface area contributed by atoms with Crippen molar-refractivity contribution in [2.75, 3.05) is 20.2 Å². The first-order valence-electron chi connectivity index (χ1n) is 7.07. The van der Waals surface area contributed by atoms with Gasteiger partial charge in [0.25, 0.3) is 0 Å². The number of ether oxygens (including phenoxy) is 1. The van der Waals surface area contributed by atoms with Crippen LogP contribution in [-0.2, 0) is 20.5 Å². The first-order valence-corrected chi connectivity index (χ1v) is 8.68. The number of sulfonamides is 1. The number of nitrogens with zero attached hydrogens (tertiary/aromatic N) is 1. The van der Waals surface area contributed by atoms with Gasteiger partial charge < -0.3 is 4.74 Å². The van der Waals surface area contributed by atoms with Gasteiger partial charge in [0, 0.05) is 13.1 Å². The maximum Gasteiger partial charge on any atom is 0.337 e. The van der Waals surface area contributed by atoms with Crippen LogP contribution in [0.25, 0.3) is 0 Å². The van der Waals surface area contributed by atoms with Gasteiger partial charge in [0.1, 0.15) is 0 Å². The van der Waals surface area contributed by atoms with Gasteiger partial charge in [-0.2, -0.15) is 0 Å². The van der Waals surface area contributed by atoms with Crippen LogP contribution in [0.1, 0.15) is 35.7 Å². The fraction of sp³-hybridized carbons (Fsp3) is 0.533. The van der Waals surface area contributed by atoms with Crippen molar-refractivity contribution in [3.8, 4) is 0 Å². The first-order chi connectivity index (χ1) is 9.92. The molecule has 116 valence electrons. The number of esters is 1. The monoisotopic (exact) mass is 311 g/mol. The van der Waals surface area contributed by atoms with Crippen molar-refractivity contribution in [1.29, 1.82) is 0 Å². The summed E-state index contributed by atoms with van der Waals surface area (Å²) < 4.78 is 30.9. The molecule has 2 rings (SSSR count). The Bertz CT molecular complexity index is 587. The summed E-state index contributed by atoms with van der Waals surface area (Å²) in [7, 11) is -1.96. The van der Waals surface area contributed by atoms with Gasteiger partial charge in [-0.3, -0.25) is 0 Å². The summed E-state index contributed by atoms with van der Waals surface area (Å²) in [6, 6.07) is 6.51. The number of piperidine rings is 1. The van der Waals surface area contributed by atoms with E-state index in [0.29, 0.717) is 30.1 Å². The zero-order valence-corrected chi connectivity index (χ0v) is 13.2. The normalized spacial score (nSPS) is 17.6. The van der Waals surface area contributed by atoms with Crippen molar-refractivity contribution in [3.05, 3.63) is 35.4 Å². The molecule has 0 bridgehead atoms. The van der Waals surface area contributed by atoms with Crippen molar-refractivity contribution in [2.24, 2.45) is 5.92 Å². The first kappa shape index (κ1) is 16.0. The van der Waals surface area contributed by atoms with E-state index in [1.165, 1.54) is 7.11 Å². The predicted molar refractivity (Wildman–Crippen MR) is 80.4 cm³/mol. The third kappa shape index (κ3) is 4.04. The number of methoxy groups -OCH3 is 1. The highest BCUT2D eigenvalue weighted by Gasteiger charge is 2.26. The lowest BCUT2D eigenvalue weighted by Gasteiger charge is -2.29. The lowest BCUT2D eigenvalue weighted by Crippen LogP contribution is -2.38. The van der Waals surface area contributed by atoms with Crippen molar-refractivity contribution >= 4 is 16.0 Å². The molecule has 5 nitrogen and oxygen atoms in total. The average Bonchev–Trinajstić information content (AvgIpc) is 2.47. The predicted octanol–water partition coefficient (Wildman–Crippen LogP) is 2.03. The van der Waals surface area contributed by atoms with E-state index in [0.717, 1.165) is 12.8 Å². The van der Waals surface area contributed by atoms with E-state index >= 15 is 0 Å². The molecule has 1 fully saturated rings. The Labute approximate surface area is 126 Å². The van der Waals surface area contributed by atoms with E-state index in [-0.39, 0.29) is 5.75 Å². The molecule has 1 heterocycles. The van der Waals surface area contributed by atoms with Crippen LogP contribution in [0.5, 0.6) is 0 Å². The minimum Gasteiger partial charge on any atom is -0.465 e. The van der Waals surface area contributed by atoms with Crippen LogP contribution in [0, 0.1) is 5.92 Å². The summed E-state index contributed by atoms with van der Waals surface area (Å²) in [6.07, 6.45) is 1.83. The number of rotatable bonds is 4. The summed E-state index contributed by atoms with van der Waals surface area (Å²) in [5.74, 6) is 0.147. The number of carbonyl (C=O) groups excluding carboxylic acids is 1. The van der Waals surface area contributed by atoms with Gasteiger partial charge in [0.2, 0.25) is 10.0 Å².